The SMILES string of the molecule is Cl[Si]1(Cl)C(c2ccccc2)=C(c2ccccc2)[Si]1(Cl)Cl. The minimum absolute atomic E-state index is 0.962. The van der Waals surface area contributed by atoms with Crippen LogP contribution in [-0.4, -0.2) is 12.4 Å². The number of hydrogen-bond donors (Lipinski definition) is 0. The third kappa shape index (κ3) is 2.10. The van der Waals surface area contributed by atoms with Gasteiger partial charge in [-0.05, 0) is 21.5 Å². The van der Waals surface area contributed by atoms with Gasteiger partial charge < -0.3 is 0 Å². The minimum atomic E-state index is -2.80. The van der Waals surface area contributed by atoms with Crippen molar-refractivity contribution in [2.24, 2.45) is 0 Å². The molecule has 102 valence electrons. The van der Waals surface area contributed by atoms with Crippen LogP contribution in [0.15, 0.2) is 60.7 Å². The van der Waals surface area contributed by atoms with Gasteiger partial charge in [0.2, 0.25) is 0 Å². The molecule has 0 nitrogen and oxygen atoms in total. The van der Waals surface area contributed by atoms with Crippen LogP contribution in [0.4, 0.5) is 0 Å². The van der Waals surface area contributed by atoms with Crippen molar-refractivity contribution >= 4 is 67.1 Å². The van der Waals surface area contributed by atoms with Crippen LogP contribution in [-0.2, 0) is 0 Å². The van der Waals surface area contributed by atoms with Crippen molar-refractivity contribution in [3.05, 3.63) is 71.8 Å². The van der Waals surface area contributed by atoms with E-state index in [1.165, 1.54) is 0 Å². The van der Waals surface area contributed by atoms with E-state index in [0.29, 0.717) is 0 Å². The summed E-state index contributed by atoms with van der Waals surface area (Å²) in [5.41, 5.74) is 2.04. The second kappa shape index (κ2) is 5.20. The Morgan fingerprint density at radius 1 is 0.500 bits per heavy atom. The monoisotopic (exact) mass is 374 g/mol. The van der Waals surface area contributed by atoms with Crippen LogP contribution in [0.5, 0.6) is 0 Å². The first kappa shape index (κ1) is 14.7. The lowest BCUT2D eigenvalue weighted by Gasteiger charge is -2.44. The van der Waals surface area contributed by atoms with Crippen molar-refractivity contribution in [2.45, 2.75) is 0 Å². The molecule has 1 aliphatic rings. The van der Waals surface area contributed by atoms with E-state index < -0.39 is 12.4 Å². The van der Waals surface area contributed by atoms with Crippen LogP contribution >= 0.6 is 44.3 Å². The van der Waals surface area contributed by atoms with Crippen molar-refractivity contribution in [1.29, 1.82) is 0 Å². The maximum Gasteiger partial charge on any atom is 0.307 e. The Morgan fingerprint density at radius 2 is 0.800 bits per heavy atom. The number of hydrogen-bond acceptors (Lipinski definition) is 0. The van der Waals surface area contributed by atoms with E-state index in [9.17, 15) is 0 Å². The average Bonchev–Trinajstić information content (AvgIpc) is 2.45. The predicted octanol–water partition coefficient (Wildman–Crippen LogP) is 5.61. The lowest BCUT2D eigenvalue weighted by molar-refractivity contribution is 1.62. The molecule has 0 spiro atoms. The second-order valence-electron chi connectivity index (χ2n) is 4.63. The normalized spacial score (nSPS) is 19.6. The first-order valence-electron chi connectivity index (χ1n) is 6.08. The van der Waals surface area contributed by atoms with Gasteiger partial charge in [0, 0.05) is 0 Å². The third-order valence-electron chi connectivity index (χ3n) is 3.40. The number of halogens is 4. The maximum absolute atomic E-state index is 6.59. The average molecular weight is 376 g/mol. The third-order valence-corrected chi connectivity index (χ3v) is 26.6. The maximum atomic E-state index is 6.59. The fraction of sp³-hybridized carbons (Fsp3) is 0. The van der Waals surface area contributed by atoms with E-state index in [-0.39, 0.29) is 0 Å². The summed E-state index contributed by atoms with van der Waals surface area (Å²) in [6.07, 6.45) is -5.60. The predicted molar refractivity (Wildman–Crippen MR) is 94.6 cm³/mol. The van der Waals surface area contributed by atoms with Gasteiger partial charge in [0.25, 0.3) is 0 Å². The molecule has 1 aliphatic heterocycles. The smallest absolute Gasteiger partial charge is 0.140 e. The molecule has 2 aromatic rings. The first-order valence-corrected chi connectivity index (χ1v) is 15.1. The summed E-state index contributed by atoms with van der Waals surface area (Å²) in [4.78, 5) is 0. The Morgan fingerprint density at radius 3 is 1.10 bits per heavy atom. The summed E-state index contributed by atoms with van der Waals surface area (Å²) < 4.78 is 0. The molecule has 3 rings (SSSR count). The molecule has 0 aromatic heterocycles. The Balaban J connectivity index is 2.25. The molecule has 0 saturated heterocycles. The van der Waals surface area contributed by atoms with Gasteiger partial charge in [-0.25, -0.2) is 0 Å². The Kier molecular flexibility index (Phi) is 3.82. The first-order chi connectivity index (χ1) is 9.46. The Labute approximate surface area is 138 Å². The fourth-order valence-electron chi connectivity index (χ4n) is 2.43. The number of benzene rings is 2. The highest BCUT2D eigenvalue weighted by molar-refractivity contribution is 8.04. The zero-order chi connectivity index (χ0) is 14.4. The minimum Gasteiger partial charge on any atom is -0.140 e. The topological polar surface area (TPSA) is 0 Å². The van der Waals surface area contributed by atoms with Crippen molar-refractivity contribution < 1.29 is 0 Å². The summed E-state index contributed by atoms with van der Waals surface area (Å²) in [5, 5.41) is 1.92. The quantitative estimate of drug-likeness (QED) is 0.472. The van der Waals surface area contributed by atoms with Gasteiger partial charge in [0.05, 0.1) is 0 Å². The van der Waals surface area contributed by atoms with Crippen molar-refractivity contribution in [3.63, 3.8) is 0 Å². The molecule has 0 fully saturated rings. The van der Waals surface area contributed by atoms with Gasteiger partial charge >= 0.3 is 12.4 Å². The molecular formula is C14H10Cl4Si2. The van der Waals surface area contributed by atoms with Gasteiger partial charge in [-0.2, -0.15) is 0 Å². The largest absolute Gasteiger partial charge is 0.307 e. The molecule has 0 N–H and O–H groups in total. The van der Waals surface area contributed by atoms with E-state index in [0.717, 1.165) is 21.5 Å². The van der Waals surface area contributed by atoms with Crippen LogP contribution in [0, 0.1) is 0 Å². The second-order valence-corrected chi connectivity index (χ2v) is 24.2. The molecule has 0 aliphatic carbocycles. The Bertz CT molecular complexity index is 607. The summed E-state index contributed by atoms with van der Waals surface area (Å²) >= 11 is 26.3. The van der Waals surface area contributed by atoms with Gasteiger partial charge in [-0.3, -0.25) is 0 Å². The molecule has 2 aromatic carbocycles. The lowest BCUT2D eigenvalue weighted by atomic mass is 10.1. The van der Waals surface area contributed by atoms with E-state index in [2.05, 4.69) is 0 Å². The fourth-order valence-corrected chi connectivity index (χ4v) is 15.6. The molecule has 1 heterocycles. The Hall–Kier alpha value is -0.226. The summed E-state index contributed by atoms with van der Waals surface area (Å²) in [5.74, 6) is 0. The van der Waals surface area contributed by atoms with Crippen molar-refractivity contribution in [2.75, 3.05) is 0 Å². The van der Waals surface area contributed by atoms with E-state index in [1.807, 2.05) is 60.7 Å². The standard InChI is InChI=1S/C14H10Cl4Si2/c15-19(16)13(11-7-3-1-4-8-11)14(20(19,17)18)12-9-5-2-6-10-12/h1-10H. The molecule has 0 unspecified atom stereocenters. The summed E-state index contributed by atoms with van der Waals surface area (Å²) in [6, 6.07) is 19.8. The van der Waals surface area contributed by atoms with Gasteiger partial charge in [0.1, 0.15) is 0 Å². The molecular weight excluding hydrogens is 366 g/mol. The van der Waals surface area contributed by atoms with Gasteiger partial charge in [0.15, 0.2) is 0 Å². The van der Waals surface area contributed by atoms with Crippen molar-refractivity contribution in [3.8, 4) is 0 Å². The lowest BCUT2D eigenvalue weighted by Crippen LogP contribution is -2.58. The van der Waals surface area contributed by atoms with E-state index >= 15 is 0 Å². The van der Waals surface area contributed by atoms with E-state index in [1.54, 1.807) is 0 Å². The summed E-state index contributed by atoms with van der Waals surface area (Å²) in [6.45, 7) is 0. The summed E-state index contributed by atoms with van der Waals surface area (Å²) in [7, 11) is 0. The van der Waals surface area contributed by atoms with Crippen LogP contribution in [0.2, 0.25) is 0 Å². The molecule has 6 heteroatoms. The highest BCUT2D eigenvalue weighted by Gasteiger charge is 2.68. The molecule has 0 bridgehead atoms. The molecule has 0 amide bonds. The van der Waals surface area contributed by atoms with Gasteiger partial charge in [-0.1, -0.05) is 60.7 Å². The highest BCUT2D eigenvalue weighted by Crippen LogP contribution is 2.61. The van der Waals surface area contributed by atoms with Crippen LogP contribution < -0.4 is 0 Å². The van der Waals surface area contributed by atoms with Crippen LogP contribution in [0.3, 0.4) is 0 Å². The van der Waals surface area contributed by atoms with Gasteiger partial charge in [-0.15, -0.1) is 44.3 Å². The van der Waals surface area contributed by atoms with Crippen LogP contribution in [0.25, 0.3) is 10.4 Å². The molecule has 0 radical (unpaired) electrons. The zero-order valence-electron chi connectivity index (χ0n) is 10.3. The highest BCUT2D eigenvalue weighted by atomic mass is 35.8. The zero-order valence-corrected chi connectivity index (χ0v) is 15.3. The number of rotatable bonds is 2. The molecule has 20 heavy (non-hydrogen) atoms. The van der Waals surface area contributed by atoms with Crippen molar-refractivity contribution in [1.82, 2.24) is 0 Å². The van der Waals surface area contributed by atoms with Crippen LogP contribution in [0.1, 0.15) is 11.1 Å². The molecule has 0 saturated carbocycles. The molecule has 0 atom stereocenters. The van der Waals surface area contributed by atoms with E-state index in [4.69, 9.17) is 44.3 Å².